The van der Waals surface area contributed by atoms with Gasteiger partial charge in [-0.15, -0.1) is 0 Å². The Kier molecular flexibility index (Phi) is 4.90. The molecule has 0 saturated carbocycles. The molecule has 1 unspecified atom stereocenters. The molecule has 0 radical (unpaired) electrons. The van der Waals surface area contributed by atoms with Crippen LogP contribution < -0.4 is 11.1 Å². The van der Waals surface area contributed by atoms with Gasteiger partial charge in [-0.3, -0.25) is 4.79 Å². The van der Waals surface area contributed by atoms with Gasteiger partial charge in [0.05, 0.1) is 28.8 Å². The predicted molar refractivity (Wildman–Crippen MR) is 93.9 cm³/mol. The van der Waals surface area contributed by atoms with Crippen molar-refractivity contribution in [3.63, 3.8) is 0 Å². The lowest BCUT2D eigenvalue weighted by Gasteiger charge is -2.22. The fraction of sp³-hybridized carbons (Fsp3) is 0.444. The molecule has 2 aromatic rings. The van der Waals surface area contributed by atoms with Gasteiger partial charge in [0, 0.05) is 0 Å². The van der Waals surface area contributed by atoms with Crippen LogP contribution >= 0.6 is 0 Å². The first-order valence-corrected chi connectivity index (χ1v) is 7.99. The maximum atomic E-state index is 12.4. The smallest absolute Gasteiger partial charge is 0.244 e. The van der Waals surface area contributed by atoms with Gasteiger partial charge in [0.25, 0.3) is 0 Å². The number of nitrogens with two attached hydrogens (primary N) is 1. The number of aryl methyl sites for hydroxylation is 2. The lowest BCUT2D eigenvalue weighted by molar-refractivity contribution is -0.120. The SMILES string of the molecule is CCCC(C)(N)C(=O)Nc1cnn(-c2cc(C)ccc2C)c1C. The van der Waals surface area contributed by atoms with Crippen LogP contribution in [0.15, 0.2) is 24.4 Å². The molecule has 1 atom stereocenters. The number of aromatic nitrogens is 2. The lowest BCUT2D eigenvalue weighted by atomic mass is 9.96. The summed E-state index contributed by atoms with van der Waals surface area (Å²) in [5, 5.41) is 7.34. The summed E-state index contributed by atoms with van der Waals surface area (Å²) in [6.07, 6.45) is 3.18. The molecule has 0 saturated heterocycles. The zero-order valence-corrected chi connectivity index (χ0v) is 14.6. The zero-order chi connectivity index (χ0) is 17.2. The molecule has 5 heteroatoms. The largest absolute Gasteiger partial charge is 0.322 e. The quantitative estimate of drug-likeness (QED) is 0.889. The molecule has 1 amide bonds. The number of carbonyl (C=O) groups is 1. The highest BCUT2D eigenvalue weighted by Gasteiger charge is 2.28. The van der Waals surface area contributed by atoms with E-state index in [9.17, 15) is 4.79 Å². The molecule has 5 nitrogen and oxygen atoms in total. The predicted octanol–water partition coefficient (Wildman–Crippen LogP) is 3.25. The van der Waals surface area contributed by atoms with Crippen LogP contribution in [0.2, 0.25) is 0 Å². The van der Waals surface area contributed by atoms with Gasteiger partial charge < -0.3 is 11.1 Å². The van der Waals surface area contributed by atoms with Crippen LogP contribution in [-0.2, 0) is 4.79 Å². The molecule has 0 fully saturated rings. The summed E-state index contributed by atoms with van der Waals surface area (Å²) in [5.41, 5.74) is 10.1. The van der Waals surface area contributed by atoms with Crippen molar-refractivity contribution >= 4 is 11.6 Å². The van der Waals surface area contributed by atoms with Crippen molar-refractivity contribution in [3.05, 3.63) is 41.2 Å². The van der Waals surface area contributed by atoms with E-state index in [0.717, 1.165) is 23.4 Å². The summed E-state index contributed by atoms with van der Waals surface area (Å²) in [4.78, 5) is 12.4. The monoisotopic (exact) mass is 314 g/mol. The summed E-state index contributed by atoms with van der Waals surface area (Å²) in [6, 6.07) is 6.23. The number of anilines is 1. The molecule has 23 heavy (non-hydrogen) atoms. The van der Waals surface area contributed by atoms with E-state index in [4.69, 9.17) is 5.73 Å². The standard InChI is InChI=1S/C18H26N4O/c1-6-9-18(5,19)17(23)21-15-11-20-22(14(15)4)16-10-12(2)7-8-13(16)3/h7-8,10-11H,6,9,19H2,1-5H3,(H,21,23). The molecular weight excluding hydrogens is 288 g/mol. The van der Waals surface area contributed by atoms with Crippen molar-refractivity contribution in [1.29, 1.82) is 0 Å². The van der Waals surface area contributed by atoms with Crippen molar-refractivity contribution in [1.82, 2.24) is 9.78 Å². The number of carbonyl (C=O) groups excluding carboxylic acids is 1. The second kappa shape index (κ2) is 6.54. The lowest BCUT2D eigenvalue weighted by Crippen LogP contribution is -2.48. The Labute approximate surface area is 137 Å². The third-order valence-electron chi connectivity index (χ3n) is 4.14. The van der Waals surface area contributed by atoms with Crippen molar-refractivity contribution in [2.45, 2.75) is 53.0 Å². The molecule has 1 heterocycles. The second-order valence-electron chi connectivity index (χ2n) is 6.47. The molecule has 0 spiro atoms. The van der Waals surface area contributed by atoms with Gasteiger partial charge in [0.1, 0.15) is 0 Å². The van der Waals surface area contributed by atoms with Crippen LogP contribution in [0.3, 0.4) is 0 Å². The van der Waals surface area contributed by atoms with Crippen LogP contribution in [0, 0.1) is 20.8 Å². The summed E-state index contributed by atoms with van der Waals surface area (Å²) in [7, 11) is 0. The minimum atomic E-state index is -0.872. The van der Waals surface area contributed by atoms with Crippen LogP contribution in [0.1, 0.15) is 43.5 Å². The van der Waals surface area contributed by atoms with Crippen molar-refractivity contribution < 1.29 is 4.79 Å². The number of benzene rings is 1. The van der Waals surface area contributed by atoms with Gasteiger partial charge in [-0.1, -0.05) is 25.5 Å². The number of amides is 1. The third kappa shape index (κ3) is 3.62. The van der Waals surface area contributed by atoms with E-state index in [1.807, 2.05) is 25.5 Å². The Balaban J connectivity index is 2.30. The first kappa shape index (κ1) is 17.2. The maximum Gasteiger partial charge on any atom is 0.244 e. The first-order chi connectivity index (χ1) is 10.8. The summed E-state index contributed by atoms with van der Waals surface area (Å²) in [5.74, 6) is -0.178. The molecule has 0 aliphatic rings. The first-order valence-electron chi connectivity index (χ1n) is 7.99. The fourth-order valence-corrected chi connectivity index (χ4v) is 2.62. The second-order valence-corrected chi connectivity index (χ2v) is 6.47. The van der Waals surface area contributed by atoms with Crippen LogP contribution in [0.4, 0.5) is 5.69 Å². The topological polar surface area (TPSA) is 72.9 Å². The third-order valence-corrected chi connectivity index (χ3v) is 4.14. The summed E-state index contributed by atoms with van der Waals surface area (Å²) >= 11 is 0. The van der Waals surface area contributed by atoms with E-state index in [0.29, 0.717) is 12.1 Å². The van der Waals surface area contributed by atoms with Crippen molar-refractivity contribution in [2.24, 2.45) is 5.73 Å². The van der Waals surface area contributed by atoms with Crippen LogP contribution in [0.5, 0.6) is 0 Å². The molecule has 3 N–H and O–H groups in total. The number of rotatable bonds is 5. The van der Waals surface area contributed by atoms with E-state index in [2.05, 4.69) is 35.5 Å². The molecule has 2 rings (SSSR count). The zero-order valence-electron chi connectivity index (χ0n) is 14.6. The number of hydrogen-bond donors (Lipinski definition) is 2. The van der Waals surface area contributed by atoms with E-state index < -0.39 is 5.54 Å². The van der Waals surface area contributed by atoms with Gasteiger partial charge in [-0.25, -0.2) is 4.68 Å². The Morgan fingerprint density at radius 3 is 2.70 bits per heavy atom. The van der Waals surface area contributed by atoms with E-state index in [-0.39, 0.29) is 5.91 Å². The van der Waals surface area contributed by atoms with Crippen LogP contribution in [0.25, 0.3) is 5.69 Å². The van der Waals surface area contributed by atoms with Gasteiger partial charge >= 0.3 is 0 Å². The van der Waals surface area contributed by atoms with E-state index in [1.54, 1.807) is 13.1 Å². The van der Waals surface area contributed by atoms with Gasteiger partial charge in [0.2, 0.25) is 5.91 Å². The molecular formula is C18H26N4O. The van der Waals surface area contributed by atoms with E-state index >= 15 is 0 Å². The Morgan fingerprint density at radius 2 is 2.04 bits per heavy atom. The number of hydrogen-bond acceptors (Lipinski definition) is 3. The molecule has 0 aliphatic heterocycles. The normalized spacial score (nSPS) is 13.7. The van der Waals surface area contributed by atoms with Gasteiger partial charge in [-0.2, -0.15) is 5.10 Å². The highest BCUT2D eigenvalue weighted by molar-refractivity contribution is 5.98. The molecule has 0 bridgehead atoms. The highest BCUT2D eigenvalue weighted by atomic mass is 16.2. The Hall–Kier alpha value is -2.14. The van der Waals surface area contributed by atoms with E-state index in [1.165, 1.54) is 5.56 Å². The average Bonchev–Trinajstić information content (AvgIpc) is 2.83. The summed E-state index contributed by atoms with van der Waals surface area (Å²) in [6.45, 7) is 9.82. The number of nitrogens with zero attached hydrogens (tertiary/aromatic N) is 2. The van der Waals surface area contributed by atoms with Crippen molar-refractivity contribution in [3.8, 4) is 5.69 Å². The van der Waals surface area contributed by atoms with Gasteiger partial charge in [0.15, 0.2) is 0 Å². The molecule has 1 aromatic carbocycles. The highest BCUT2D eigenvalue weighted by Crippen LogP contribution is 2.23. The molecule has 1 aromatic heterocycles. The van der Waals surface area contributed by atoms with Crippen molar-refractivity contribution in [2.75, 3.05) is 5.32 Å². The minimum absolute atomic E-state index is 0.178. The van der Waals surface area contributed by atoms with Gasteiger partial charge in [-0.05, 0) is 51.3 Å². The maximum absolute atomic E-state index is 12.4. The Bertz CT molecular complexity index is 716. The number of nitrogens with one attached hydrogen (secondary N) is 1. The minimum Gasteiger partial charge on any atom is -0.322 e. The fourth-order valence-electron chi connectivity index (χ4n) is 2.62. The average molecular weight is 314 g/mol. The summed E-state index contributed by atoms with van der Waals surface area (Å²) < 4.78 is 1.85. The molecule has 124 valence electrons. The Morgan fingerprint density at radius 1 is 1.35 bits per heavy atom. The molecule has 0 aliphatic carbocycles. The van der Waals surface area contributed by atoms with Crippen LogP contribution in [-0.4, -0.2) is 21.2 Å².